The van der Waals surface area contributed by atoms with Crippen LogP contribution in [0.3, 0.4) is 0 Å². The molecule has 1 aliphatic heterocycles. The van der Waals surface area contributed by atoms with Crippen LogP contribution in [-0.2, 0) is 27.2 Å². The second-order valence-electron chi connectivity index (χ2n) is 13.9. The highest BCUT2D eigenvalue weighted by molar-refractivity contribution is 6.98. The Kier molecular flexibility index (Phi) is 11.3. The largest absolute Gasteiger partial charge is 0.465 e. The minimum absolute atomic E-state index is 0.248. The van der Waals surface area contributed by atoms with Gasteiger partial charge in [-0.3, -0.25) is 0 Å². The van der Waals surface area contributed by atoms with E-state index in [1.54, 1.807) is 11.0 Å². The molecule has 10 heteroatoms. The molecule has 9 nitrogen and oxygen atoms in total. The van der Waals surface area contributed by atoms with Gasteiger partial charge in [0.25, 0.3) is 8.32 Å². The molecule has 2 N–H and O–H groups in total. The van der Waals surface area contributed by atoms with Gasteiger partial charge in [0.05, 0.1) is 25.3 Å². The number of hydrogen-bond donors (Lipinski definition) is 2. The molecule has 47 heavy (non-hydrogen) atoms. The molecule has 0 saturated carbocycles. The van der Waals surface area contributed by atoms with Crippen molar-refractivity contribution in [3.63, 3.8) is 0 Å². The standard InChI is InChI=1S/C37H48N2O7Si/c1-36(2,3)46-35(42)39-24-26(25-39)22-38-23-28-20-27(31(33(40)44-6)21-32(28)34(41)45-7)18-19-37(4,5)47(43,29-14-10-8-11-15-29)30-16-12-9-13-17-30/h8-17,20-21,26,38,43H,18-19,22-25H2,1-7H3. The van der Waals surface area contributed by atoms with Crippen LogP contribution in [0.15, 0.2) is 72.8 Å². The van der Waals surface area contributed by atoms with E-state index in [2.05, 4.69) is 19.2 Å². The fourth-order valence-corrected chi connectivity index (χ4v) is 9.90. The number of benzene rings is 3. The molecule has 0 bridgehead atoms. The first-order valence-corrected chi connectivity index (χ1v) is 18.0. The van der Waals surface area contributed by atoms with Crippen molar-refractivity contribution in [3.05, 3.63) is 95.1 Å². The SMILES string of the molecule is COC(=O)c1cc(C(=O)OC)c(CNCC2CN(C(=O)OC(C)(C)C)C2)cc1CCC(C)(C)[Si](O)(c1ccccc1)c1ccccc1. The molecular weight excluding hydrogens is 613 g/mol. The Morgan fingerprint density at radius 1 is 0.830 bits per heavy atom. The number of likely N-dealkylation sites (tertiary alicyclic amines) is 1. The van der Waals surface area contributed by atoms with E-state index in [9.17, 15) is 19.2 Å². The highest BCUT2D eigenvalue weighted by Crippen LogP contribution is 2.40. The number of esters is 2. The average Bonchev–Trinajstić information content (AvgIpc) is 3.03. The number of ether oxygens (including phenoxy) is 3. The molecule has 1 aliphatic rings. The highest BCUT2D eigenvalue weighted by atomic mass is 28.4. The monoisotopic (exact) mass is 660 g/mol. The molecule has 3 aromatic rings. The zero-order chi connectivity index (χ0) is 34.4. The lowest BCUT2D eigenvalue weighted by Gasteiger charge is -2.41. The van der Waals surface area contributed by atoms with Gasteiger partial charge in [-0.05, 0) is 66.2 Å². The normalized spacial score (nSPS) is 13.9. The van der Waals surface area contributed by atoms with E-state index >= 15 is 0 Å². The molecule has 1 fully saturated rings. The lowest BCUT2D eigenvalue weighted by atomic mass is 9.92. The second-order valence-corrected chi connectivity index (χ2v) is 17.8. The maximum Gasteiger partial charge on any atom is 0.410 e. The van der Waals surface area contributed by atoms with Gasteiger partial charge in [0.1, 0.15) is 5.60 Å². The van der Waals surface area contributed by atoms with Crippen LogP contribution in [0.25, 0.3) is 0 Å². The Morgan fingerprint density at radius 2 is 1.34 bits per heavy atom. The minimum atomic E-state index is -3.28. The summed E-state index contributed by atoms with van der Waals surface area (Å²) in [6.45, 7) is 11.9. The third-order valence-corrected chi connectivity index (χ3v) is 13.4. The molecule has 1 amide bonds. The predicted octanol–water partition coefficient (Wildman–Crippen LogP) is 4.68. The van der Waals surface area contributed by atoms with Crippen LogP contribution in [0.2, 0.25) is 5.04 Å². The van der Waals surface area contributed by atoms with E-state index in [-0.39, 0.29) is 17.6 Å². The van der Waals surface area contributed by atoms with Gasteiger partial charge in [-0.2, -0.15) is 0 Å². The van der Waals surface area contributed by atoms with E-state index in [4.69, 9.17) is 14.2 Å². The molecule has 4 rings (SSSR count). The summed E-state index contributed by atoms with van der Waals surface area (Å²) in [4.78, 5) is 52.5. The topological polar surface area (TPSA) is 114 Å². The Bertz CT molecular complexity index is 1510. The molecule has 0 unspecified atom stereocenters. The summed E-state index contributed by atoms with van der Waals surface area (Å²) >= 11 is 0. The maximum atomic E-state index is 13.0. The van der Waals surface area contributed by atoms with E-state index in [0.717, 1.165) is 15.9 Å². The van der Waals surface area contributed by atoms with Crippen LogP contribution in [0.1, 0.15) is 72.9 Å². The summed E-state index contributed by atoms with van der Waals surface area (Å²) in [5, 5.41) is 4.70. The highest BCUT2D eigenvalue weighted by Gasteiger charge is 2.49. The van der Waals surface area contributed by atoms with Crippen molar-refractivity contribution in [2.24, 2.45) is 5.92 Å². The van der Waals surface area contributed by atoms with Crippen LogP contribution < -0.4 is 15.7 Å². The summed E-state index contributed by atoms with van der Waals surface area (Å²) in [6, 6.07) is 23.1. The van der Waals surface area contributed by atoms with Gasteiger partial charge in [0, 0.05) is 32.1 Å². The van der Waals surface area contributed by atoms with Crippen LogP contribution >= 0.6 is 0 Å². The molecule has 1 saturated heterocycles. The Hall–Kier alpha value is -3.99. The van der Waals surface area contributed by atoms with Gasteiger partial charge in [-0.25, -0.2) is 14.4 Å². The first-order valence-electron chi connectivity index (χ1n) is 16.0. The van der Waals surface area contributed by atoms with Crippen molar-refractivity contribution in [1.82, 2.24) is 10.2 Å². The number of nitrogens with zero attached hydrogens (tertiary/aromatic N) is 1. The Morgan fingerprint density at radius 3 is 1.83 bits per heavy atom. The molecule has 0 spiro atoms. The number of hydrogen-bond acceptors (Lipinski definition) is 8. The number of nitrogens with one attached hydrogen (secondary N) is 1. The van der Waals surface area contributed by atoms with Crippen molar-refractivity contribution in [2.45, 2.75) is 64.6 Å². The summed E-state index contributed by atoms with van der Waals surface area (Å²) in [5.41, 5.74) is 1.46. The Balaban J connectivity index is 1.57. The van der Waals surface area contributed by atoms with Crippen LogP contribution in [0.4, 0.5) is 4.79 Å². The minimum Gasteiger partial charge on any atom is -0.465 e. The zero-order valence-corrected chi connectivity index (χ0v) is 29.6. The van der Waals surface area contributed by atoms with Crippen LogP contribution in [0.5, 0.6) is 0 Å². The van der Waals surface area contributed by atoms with Gasteiger partial charge >= 0.3 is 18.0 Å². The van der Waals surface area contributed by atoms with Gasteiger partial charge in [0.15, 0.2) is 0 Å². The fourth-order valence-electron chi connectivity index (χ4n) is 6.17. The number of aryl methyl sites for hydroxylation is 1. The smallest absolute Gasteiger partial charge is 0.410 e. The number of carbonyl (C=O) groups excluding carboxylic acids is 3. The molecular formula is C37H48N2O7Si. The molecule has 0 atom stereocenters. The zero-order valence-electron chi connectivity index (χ0n) is 28.6. The van der Waals surface area contributed by atoms with E-state index in [0.29, 0.717) is 50.1 Å². The average molecular weight is 661 g/mol. The lowest BCUT2D eigenvalue weighted by molar-refractivity contribution is -0.000844. The molecule has 0 aromatic heterocycles. The van der Waals surface area contributed by atoms with Crippen molar-refractivity contribution in [2.75, 3.05) is 33.9 Å². The second kappa shape index (κ2) is 14.8. The van der Waals surface area contributed by atoms with Crippen molar-refractivity contribution < 1.29 is 33.4 Å². The molecule has 252 valence electrons. The summed E-state index contributed by atoms with van der Waals surface area (Å²) < 4.78 is 15.7. The van der Waals surface area contributed by atoms with Crippen LogP contribution in [0, 0.1) is 5.92 Å². The quantitative estimate of drug-likeness (QED) is 0.164. The molecule has 0 radical (unpaired) electrons. The van der Waals surface area contributed by atoms with E-state index in [1.165, 1.54) is 14.2 Å². The van der Waals surface area contributed by atoms with Crippen molar-refractivity contribution >= 4 is 36.7 Å². The van der Waals surface area contributed by atoms with Gasteiger partial charge < -0.3 is 29.2 Å². The van der Waals surface area contributed by atoms with E-state index < -0.39 is 30.9 Å². The van der Waals surface area contributed by atoms with Gasteiger partial charge in [-0.15, -0.1) is 0 Å². The first-order chi connectivity index (χ1) is 22.2. The maximum absolute atomic E-state index is 13.0. The number of amides is 1. The number of rotatable bonds is 12. The summed E-state index contributed by atoms with van der Waals surface area (Å²) in [7, 11) is -0.652. The molecule has 1 heterocycles. The third kappa shape index (κ3) is 8.30. The molecule has 0 aliphatic carbocycles. The Labute approximate surface area is 279 Å². The van der Waals surface area contributed by atoms with E-state index in [1.807, 2.05) is 87.5 Å². The summed E-state index contributed by atoms with van der Waals surface area (Å²) in [5.74, 6) is -0.844. The number of methoxy groups -OCH3 is 2. The summed E-state index contributed by atoms with van der Waals surface area (Å²) in [6.07, 6.45) is 0.715. The van der Waals surface area contributed by atoms with Crippen LogP contribution in [-0.4, -0.2) is 75.5 Å². The van der Waals surface area contributed by atoms with Gasteiger partial charge in [-0.1, -0.05) is 80.6 Å². The third-order valence-electron chi connectivity index (χ3n) is 8.88. The first kappa shape index (κ1) is 35.9. The predicted molar refractivity (Wildman–Crippen MR) is 185 cm³/mol. The van der Waals surface area contributed by atoms with Crippen molar-refractivity contribution in [1.29, 1.82) is 0 Å². The lowest BCUT2D eigenvalue weighted by Crippen LogP contribution is -2.65. The van der Waals surface area contributed by atoms with Crippen molar-refractivity contribution in [3.8, 4) is 0 Å². The van der Waals surface area contributed by atoms with Gasteiger partial charge in [0.2, 0.25) is 0 Å². The fraction of sp³-hybridized carbons (Fsp3) is 0.432. The number of carbonyl (C=O) groups is 3. The molecule has 3 aromatic carbocycles.